The van der Waals surface area contributed by atoms with Crippen molar-refractivity contribution in [3.63, 3.8) is 0 Å². The van der Waals surface area contributed by atoms with Crippen molar-refractivity contribution in [2.75, 3.05) is 11.9 Å². The summed E-state index contributed by atoms with van der Waals surface area (Å²) in [6.45, 7) is 0. The lowest BCUT2D eigenvalue weighted by atomic mass is 9.94. The van der Waals surface area contributed by atoms with E-state index in [0.29, 0.717) is 0 Å². The molecule has 1 aliphatic rings. The maximum Gasteiger partial charge on any atom is 0.203 e. The smallest absolute Gasteiger partial charge is 0.203 e. The predicted octanol–water partition coefficient (Wildman–Crippen LogP) is 13.3. The second-order valence-electron chi connectivity index (χ2n) is 15.2. The number of hydrogen-bond donors (Lipinski definition) is 0. The van der Waals surface area contributed by atoms with Crippen molar-refractivity contribution in [1.29, 1.82) is 0 Å². The molecule has 1 atom stereocenters. The highest BCUT2D eigenvalue weighted by atomic mass is 15.4. The minimum atomic E-state index is -0.339. The van der Waals surface area contributed by atoms with Crippen LogP contribution < -0.4 is 4.90 Å². The lowest BCUT2D eigenvalue weighted by Gasteiger charge is -2.36. The van der Waals surface area contributed by atoms with Crippen molar-refractivity contribution >= 4 is 76.6 Å². The minimum absolute atomic E-state index is 0.339. The molecule has 0 saturated heterocycles. The molecule has 1 unspecified atom stereocenters. The van der Waals surface area contributed by atoms with E-state index in [0.717, 1.165) is 39.2 Å². The van der Waals surface area contributed by atoms with E-state index >= 15 is 0 Å². The molecule has 4 heteroatoms. The molecule has 3 heterocycles. The molecular formula is C53H36N4. The van der Waals surface area contributed by atoms with Crippen molar-refractivity contribution in [2.24, 2.45) is 4.99 Å². The van der Waals surface area contributed by atoms with Gasteiger partial charge < -0.3 is 14.0 Å². The molecule has 0 N–H and O–H groups in total. The van der Waals surface area contributed by atoms with E-state index in [1.165, 1.54) is 65.3 Å². The highest BCUT2D eigenvalue weighted by molar-refractivity contribution is 6.22. The first-order chi connectivity index (χ1) is 28.2. The molecule has 0 radical (unpaired) electrons. The summed E-state index contributed by atoms with van der Waals surface area (Å²) >= 11 is 0. The van der Waals surface area contributed by atoms with Gasteiger partial charge >= 0.3 is 0 Å². The van der Waals surface area contributed by atoms with Gasteiger partial charge in [0.2, 0.25) is 6.29 Å². The Bertz CT molecular complexity index is 3430. The van der Waals surface area contributed by atoms with Crippen LogP contribution in [0.2, 0.25) is 0 Å². The Hall–Kier alpha value is -7.43. The van der Waals surface area contributed by atoms with Gasteiger partial charge in [0.15, 0.2) is 0 Å². The fourth-order valence-electron chi connectivity index (χ4n) is 9.42. The quantitative estimate of drug-likeness (QED) is 0.177. The Morgan fingerprint density at radius 1 is 0.404 bits per heavy atom. The third-order valence-electron chi connectivity index (χ3n) is 12.1. The van der Waals surface area contributed by atoms with Crippen molar-refractivity contribution in [1.82, 2.24) is 9.13 Å². The van der Waals surface area contributed by atoms with Crippen LogP contribution in [-0.4, -0.2) is 21.9 Å². The average molecular weight is 729 g/mol. The summed E-state index contributed by atoms with van der Waals surface area (Å²) < 4.78 is 4.87. The summed E-state index contributed by atoms with van der Waals surface area (Å²) in [5.74, 6) is 0. The molecule has 0 aliphatic carbocycles. The number of hydrogen-bond acceptors (Lipinski definition) is 2. The Morgan fingerprint density at radius 2 is 0.982 bits per heavy atom. The fraction of sp³-hybridized carbons (Fsp3) is 0.0377. The van der Waals surface area contributed by atoms with Crippen LogP contribution in [-0.2, 0) is 0 Å². The maximum absolute atomic E-state index is 5.76. The van der Waals surface area contributed by atoms with Gasteiger partial charge in [-0.25, -0.2) is 4.99 Å². The Labute approximate surface area is 329 Å². The van der Waals surface area contributed by atoms with Gasteiger partial charge in [-0.05, 0) is 81.2 Å². The number of rotatable bonds is 4. The van der Waals surface area contributed by atoms with E-state index in [9.17, 15) is 0 Å². The lowest BCUT2D eigenvalue weighted by Crippen LogP contribution is -2.33. The number of para-hydroxylation sites is 3. The summed E-state index contributed by atoms with van der Waals surface area (Å²) in [6, 6.07) is 70.7. The monoisotopic (exact) mass is 728 g/mol. The number of nitrogens with zero attached hydrogens (tertiary/aromatic N) is 4. The highest BCUT2D eigenvalue weighted by Crippen LogP contribution is 2.43. The molecule has 0 saturated carbocycles. The zero-order valence-electron chi connectivity index (χ0n) is 31.3. The van der Waals surface area contributed by atoms with E-state index in [2.05, 4.69) is 215 Å². The van der Waals surface area contributed by atoms with Crippen LogP contribution in [0.4, 0.5) is 5.69 Å². The normalized spacial score (nSPS) is 14.3. The summed E-state index contributed by atoms with van der Waals surface area (Å²) in [7, 11) is 2.19. The van der Waals surface area contributed by atoms with Crippen LogP contribution >= 0.6 is 0 Å². The average Bonchev–Trinajstić information content (AvgIpc) is 3.77. The molecule has 1 aliphatic heterocycles. The van der Waals surface area contributed by atoms with E-state index in [4.69, 9.17) is 4.99 Å². The zero-order valence-corrected chi connectivity index (χ0v) is 31.3. The SMILES string of the molecule is CN1c2ccccc2C(c2cccc3ccccc23)=NC1n1c2cc(-c3ccc4c5ccccc5n(-c5ccccc5)c4c3)ccc2c2cc3ccccc3cc21. The summed E-state index contributed by atoms with van der Waals surface area (Å²) in [6.07, 6.45) is -0.339. The standard InChI is InChI=1S/C53H36N4/c1-55-47-24-11-10-22-45(47)52(44-23-13-17-34-14-7-8-20-40(34)44)54-53(55)57-50-33-38(27-29-43(50)46-30-35-15-5-6-16-36(35)31-51(46)57)37-26-28-42-41-21-9-12-25-48(41)56(49(42)32-37)39-18-3-2-4-19-39/h2-33,53H,1H3. The first kappa shape index (κ1) is 31.9. The van der Waals surface area contributed by atoms with E-state index in [1.807, 2.05) is 0 Å². The number of fused-ring (bicyclic) bond motifs is 9. The molecule has 11 aromatic rings. The van der Waals surface area contributed by atoms with Gasteiger partial charge in [-0.15, -0.1) is 0 Å². The molecule has 12 rings (SSSR count). The Morgan fingerprint density at radius 3 is 1.81 bits per heavy atom. The molecule has 0 fully saturated rings. The summed E-state index contributed by atoms with van der Waals surface area (Å²) in [4.78, 5) is 8.10. The number of anilines is 1. The van der Waals surface area contributed by atoms with Crippen molar-refractivity contribution in [3.8, 4) is 16.8 Å². The number of aliphatic imine (C=N–C) groups is 1. The first-order valence-electron chi connectivity index (χ1n) is 19.6. The van der Waals surface area contributed by atoms with Crippen LogP contribution in [0, 0.1) is 0 Å². The summed E-state index contributed by atoms with van der Waals surface area (Å²) in [5, 5.41) is 9.80. The zero-order chi connectivity index (χ0) is 37.6. The third-order valence-corrected chi connectivity index (χ3v) is 12.1. The molecule has 4 nitrogen and oxygen atoms in total. The largest absolute Gasteiger partial charge is 0.335 e. The minimum Gasteiger partial charge on any atom is -0.335 e. The summed E-state index contributed by atoms with van der Waals surface area (Å²) in [5.41, 5.74) is 12.7. The molecule has 57 heavy (non-hydrogen) atoms. The van der Waals surface area contributed by atoms with Gasteiger partial charge in [-0.3, -0.25) is 0 Å². The van der Waals surface area contributed by atoms with Crippen molar-refractivity contribution < 1.29 is 0 Å². The predicted molar refractivity (Wildman–Crippen MR) is 240 cm³/mol. The molecular weight excluding hydrogens is 693 g/mol. The number of benzene rings is 9. The highest BCUT2D eigenvalue weighted by Gasteiger charge is 2.30. The van der Waals surface area contributed by atoms with Crippen LogP contribution in [0.5, 0.6) is 0 Å². The fourth-order valence-corrected chi connectivity index (χ4v) is 9.42. The lowest BCUT2D eigenvalue weighted by molar-refractivity contribution is 0.540. The Balaban J connectivity index is 1.13. The van der Waals surface area contributed by atoms with Crippen LogP contribution in [0.1, 0.15) is 17.4 Å². The van der Waals surface area contributed by atoms with E-state index in [-0.39, 0.29) is 6.29 Å². The topological polar surface area (TPSA) is 25.5 Å². The van der Waals surface area contributed by atoms with E-state index in [1.54, 1.807) is 0 Å². The van der Waals surface area contributed by atoms with Gasteiger partial charge in [-0.1, -0.05) is 146 Å². The molecule has 0 spiro atoms. The van der Waals surface area contributed by atoms with Crippen LogP contribution in [0.25, 0.3) is 82.0 Å². The van der Waals surface area contributed by atoms with Gasteiger partial charge in [0.1, 0.15) is 0 Å². The second kappa shape index (κ2) is 12.3. The third kappa shape index (κ3) is 4.77. The molecule has 9 aromatic carbocycles. The van der Waals surface area contributed by atoms with Gasteiger partial charge in [0.25, 0.3) is 0 Å². The molecule has 0 bridgehead atoms. The van der Waals surface area contributed by atoms with Gasteiger partial charge in [0, 0.05) is 51.1 Å². The van der Waals surface area contributed by atoms with E-state index < -0.39 is 0 Å². The van der Waals surface area contributed by atoms with Gasteiger partial charge in [-0.2, -0.15) is 0 Å². The Kier molecular flexibility index (Phi) is 6.87. The number of aromatic nitrogens is 2. The molecule has 268 valence electrons. The molecule has 0 amide bonds. The van der Waals surface area contributed by atoms with Crippen LogP contribution in [0.15, 0.2) is 199 Å². The van der Waals surface area contributed by atoms with Gasteiger partial charge in [0.05, 0.1) is 27.8 Å². The molecule has 2 aromatic heterocycles. The van der Waals surface area contributed by atoms with Crippen molar-refractivity contribution in [3.05, 3.63) is 205 Å². The maximum atomic E-state index is 5.76. The first-order valence-corrected chi connectivity index (χ1v) is 19.6. The van der Waals surface area contributed by atoms with Crippen molar-refractivity contribution in [2.45, 2.75) is 6.29 Å². The second-order valence-corrected chi connectivity index (χ2v) is 15.2. The van der Waals surface area contributed by atoms with Crippen LogP contribution in [0.3, 0.4) is 0 Å².